The van der Waals surface area contributed by atoms with Gasteiger partial charge in [0.25, 0.3) is 5.88 Å². The van der Waals surface area contributed by atoms with Crippen LogP contribution in [0.3, 0.4) is 0 Å². The number of hydrogen-bond acceptors (Lipinski definition) is 6. The van der Waals surface area contributed by atoms with Gasteiger partial charge in [-0.2, -0.15) is 0 Å². The molecule has 2 heterocycles. The van der Waals surface area contributed by atoms with E-state index in [-0.39, 0.29) is 6.03 Å². The van der Waals surface area contributed by atoms with Crippen LogP contribution in [0.5, 0.6) is 11.6 Å². The summed E-state index contributed by atoms with van der Waals surface area (Å²) in [7, 11) is 3.19. The Hall–Kier alpha value is -3.55. The molecule has 1 aromatic heterocycles. The van der Waals surface area contributed by atoms with Crippen molar-refractivity contribution in [3.8, 4) is 11.6 Å². The van der Waals surface area contributed by atoms with Crippen LogP contribution in [-0.4, -0.2) is 61.3 Å². The van der Waals surface area contributed by atoms with Crippen molar-refractivity contribution in [1.82, 2.24) is 14.9 Å². The van der Waals surface area contributed by atoms with Crippen LogP contribution in [0.2, 0.25) is 0 Å². The van der Waals surface area contributed by atoms with E-state index in [1.54, 1.807) is 12.0 Å². The molecule has 8 nitrogen and oxygen atoms in total. The number of aromatic nitrogens is 2. The molecule has 0 aliphatic carbocycles. The first kappa shape index (κ1) is 20.7. The number of fused-ring (bicyclic) bond motifs is 1. The molecule has 0 unspecified atom stereocenters. The molecule has 1 saturated heterocycles. The van der Waals surface area contributed by atoms with Crippen LogP contribution in [0.4, 0.5) is 16.3 Å². The predicted molar refractivity (Wildman–Crippen MR) is 121 cm³/mol. The second kappa shape index (κ2) is 8.67. The molecule has 1 aliphatic rings. The van der Waals surface area contributed by atoms with Gasteiger partial charge in [0.05, 0.1) is 25.3 Å². The van der Waals surface area contributed by atoms with Crippen molar-refractivity contribution in [2.45, 2.75) is 13.8 Å². The lowest BCUT2D eigenvalue weighted by atomic mass is 10.1. The number of aryl methyl sites for hydroxylation is 2. The summed E-state index contributed by atoms with van der Waals surface area (Å²) < 4.78 is 10.7. The summed E-state index contributed by atoms with van der Waals surface area (Å²) in [5.41, 5.74) is 4.81. The van der Waals surface area contributed by atoms with E-state index in [1.165, 1.54) is 7.11 Å². The number of amides is 2. The molecule has 0 saturated carbocycles. The summed E-state index contributed by atoms with van der Waals surface area (Å²) in [5, 5.41) is 2.88. The number of benzene rings is 2. The summed E-state index contributed by atoms with van der Waals surface area (Å²) in [6.45, 7) is 6.74. The van der Waals surface area contributed by atoms with Crippen molar-refractivity contribution in [2.75, 3.05) is 50.6 Å². The van der Waals surface area contributed by atoms with Gasteiger partial charge in [-0.05, 0) is 49.2 Å². The highest BCUT2D eigenvalue weighted by Gasteiger charge is 2.23. The second-order valence-electron chi connectivity index (χ2n) is 7.61. The minimum Gasteiger partial charge on any atom is -0.497 e. The van der Waals surface area contributed by atoms with E-state index < -0.39 is 0 Å². The normalized spacial score (nSPS) is 13.9. The van der Waals surface area contributed by atoms with E-state index in [9.17, 15) is 4.79 Å². The molecule has 0 radical (unpaired) electrons. The minimum absolute atomic E-state index is 0.207. The largest absolute Gasteiger partial charge is 0.497 e. The van der Waals surface area contributed by atoms with E-state index >= 15 is 0 Å². The molecule has 31 heavy (non-hydrogen) atoms. The maximum Gasteiger partial charge on any atom is 0.323 e. The Balaban J connectivity index is 1.46. The summed E-state index contributed by atoms with van der Waals surface area (Å²) in [6, 6.07) is 11.7. The fourth-order valence-corrected chi connectivity index (χ4v) is 3.67. The Morgan fingerprint density at radius 1 is 0.935 bits per heavy atom. The van der Waals surface area contributed by atoms with Crippen molar-refractivity contribution < 1.29 is 14.3 Å². The van der Waals surface area contributed by atoms with Crippen LogP contribution in [0.1, 0.15) is 11.1 Å². The van der Waals surface area contributed by atoms with E-state index in [0.29, 0.717) is 24.8 Å². The number of nitrogens with zero attached hydrogens (tertiary/aromatic N) is 4. The maximum absolute atomic E-state index is 12.9. The first-order chi connectivity index (χ1) is 15.0. The Bertz CT molecular complexity index is 1110. The Labute approximate surface area is 181 Å². The van der Waals surface area contributed by atoms with Gasteiger partial charge < -0.3 is 19.3 Å². The molecule has 0 atom stereocenters. The summed E-state index contributed by atoms with van der Waals surface area (Å²) in [5.74, 6) is 1.46. The van der Waals surface area contributed by atoms with Gasteiger partial charge in [-0.25, -0.2) is 14.8 Å². The lowest BCUT2D eigenvalue weighted by molar-refractivity contribution is 0.208. The van der Waals surface area contributed by atoms with Crippen LogP contribution in [-0.2, 0) is 0 Å². The molecule has 8 heteroatoms. The van der Waals surface area contributed by atoms with Gasteiger partial charge >= 0.3 is 6.03 Å². The highest BCUT2D eigenvalue weighted by atomic mass is 16.5. The summed E-state index contributed by atoms with van der Waals surface area (Å²) in [6.07, 6.45) is 0. The molecule has 0 spiro atoms. The number of hydrogen-bond donors (Lipinski definition) is 1. The van der Waals surface area contributed by atoms with E-state index in [1.807, 2.05) is 44.2 Å². The van der Waals surface area contributed by atoms with Gasteiger partial charge in [0.15, 0.2) is 5.82 Å². The van der Waals surface area contributed by atoms with Gasteiger partial charge in [-0.3, -0.25) is 5.32 Å². The van der Waals surface area contributed by atoms with Gasteiger partial charge in [-0.15, -0.1) is 0 Å². The highest BCUT2D eigenvalue weighted by Crippen LogP contribution is 2.26. The average molecular weight is 422 g/mol. The highest BCUT2D eigenvalue weighted by molar-refractivity contribution is 5.91. The third-order valence-corrected chi connectivity index (χ3v) is 5.65. The molecule has 4 rings (SSSR count). The number of methoxy groups -OCH3 is 2. The van der Waals surface area contributed by atoms with Crippen LogP contribution in [0.15, 0.2) is 36.4 Å². The van der Waals surface area contributed by atoms with Crippen molar-refractivity contribution in [3.63, 3.8) is 0 Å². The van der Waals surface area contributed by atoms with Crippen molar-refractivity contribution >= 4 is 28.6 Å². The third kappa shape index (κ3) is 4.33. The number of urea groups is 1. The van der Waals surface area contributed by atoms with Gasteiger partial charge in [-0.1, -0.05) is 6.07 Å². The van der Waals surface area contributed by atoms with Crippen LogP contribution in [0, 0.1) is 13.8 Å². The van der Waals surface area contributed by atoms with Crippen molar-refractivity contribution in [1.29, 1.82) is 0 Å². The zero-order chi connectivity index (χ0) is 22.0. The quantitative estimate of drug-likeness (QED) is 0.693. The maximum atomic E-state index is 12.9. The second-order valence-corrected chi connectivity index (χ2v) is 7.61. The Kier molecular flexibility index (Phi) is 5.79. The predicted octanol–water partition coefficient (Wildman–Crippen LogP) is 3.62. The number of anilines is 2. The number of carbonyl (C=O) groups is 1. The molecule has 0 bridgehead atoms. The number of nitrogens with one attached hydrogen (secondary N) is 1. The van der Waals surface area contributed by atoms with Crippen molar-refractivity contribution in [2.24, 2.45) is 0 Å². The fraction of sp³-hybridized carbons (Fsp3) is 0.348. The van der Waals surface area contributed by atoms with E-state index in [4.69, 9.17) is 9.47 Å². The van der Waals surface area contributed by atoms with E-state index in [0.717, 1.165) is 46.7 Å². The standard InChI is InChI=1S/C23H27N5O3/c1-15-12-19-20(13-16(15)2)25-22(31-4)21(24-19)26-23(29)28-10-8-27(9-11-28)17-6-5-7-18(14-17)30-3/h5-7,12-14H,8-11H2,1-4H3,(H,24,26,29). The molecule has 1 aliphatic heterocycles. The van der Waals surface area contributed by atoms with Crippen molar-refractivity contribution in [3.05, 3.63) is 47.5 Å². The lowest BCUT2D eigenvalue weighted by Gasteiger charge is -2.36. The van der Waals surface area contributed by atoms with E-state index in [2.05, 4.69) is 26.3 Å². The molecule has 1 fully saturated rings. The number of rotatable bonds is 4. The zero-order valence-corrected chi connectivity index (χ0v) is 18.3. The smallest absolute Gasteiger partial charge is 0.323 e. The van der Waals surface area contributed by atoms with Crippen LogP contribution < -0.4 is 19.7 Å². The molecule has 2 amide bonds. The lowest BCUT2D eigenvalue weighted by Crippen LogP contribution is -2.50. The number of ether oxygens (including phenoxy) is 2. The first-order valence-electron chi connectivity index (χ1n) is 10.3. The molecular formula is C23H27N5O3. The Morgan fingerprint density at radius 3 is 2.26 bits per heavy atom. The number of piperazine rings is 1. The van der Waals surface area contributed by atoms with Crippen LogP contribution >= 0.6 is 0 Å². The monoisotopic (exact) mass is 421 g/mol. The molecule has 3 aromatic rings. The van der Waals surface area contributed by atoms with Crippen LogP contribution in [0.25, 0.3) is 11.0 Å². The fourth-order valence-electron chi connectivity index (χ4n) is 3.67. The molecule has 2 aromatic carbocycles. The Morgan fingerprint density at radius 2 is 1.61 bits per heavy atom. The molecular weight excluding hydrogens is 394 g/mol. The molecule has 1 N–H and O–H groups in total. The van der Waals surface area contributed by atoms with Gasteiger partial charge in [0.1, 0.15) is 5.75 Å². The SMILES string of the molecule is COc1cccc(N2CCN(C(=O)Nc3nc4cc(C)c(C)cc4nc3OC)CC2)c1. The van der Waals surface area contributed by atoms with Gasteiger partial charge in [0.2, 0.25) is 0 Å². The third-order valence-electron chi connectivity index (χ3n) is 5.65. The number of carbonyl (C=O) groups excluding carboxylic acids is 1. The minimum atomic E-state index is -0.207. The molecule has 162 valence electrons. The zero-order valence-electron chi connectivity index (χ0n) is 18.3. The van der Waals surface area contributed by atoms with Gasteiger partial charge in [0, 0.05) is 37.9 Å². The summed E-state index contributed by atoms with van der Waals surface area (Å²) >= 11 is 0. The topological polar surface area (TPSA) is 79.8 Å². The first-order valence-corrected chi connectivity index (χ1v) is 10.3. The summed E-state index contributed by atoms with van der Waals surface area (Å²) in [4.78, 5) is 26.0. The average Bonchev–Trinajstić information content (AvgIpc) is 2.80.